The molecule has 1 amide bonds. The zero-order valence-electron chi connectivity index (χ0n) is 14.4. The second kappa shape index (κ2) is 9.30. The van der Waals surface area contributed by atoms with Crippen LogP contribution in [0.15, 0.2) is 82.4 Å². The van der Waals surface area contributed by atoms with E-state index in [2.05, 4.69) is 26.5 Å². The average molecular weight is 458 g/mol. The minimum Gasteiger partial charge on any atom is -0.423 e. The first-order valence-electron chi connectivity index (χ1n) is 8.19. The third kappa shape index (κ3) is 5.28. The number of rotatable bonds is 5. The Balaban J connectivity index is 1.58. The van der Waals surface area contributed by atoms with E-state index >= 15 is 0 Å². The van der Waals surface area contributed by atoms with E-state index in [4.69, 9.17) is 16.3 Å². The van der Waals surface area contributed by atoms with Gasteiger partial charge in [-0.25, -0.2) is 10.2 Å². The third-order valence-electron chi connectivity index (χ3n) is 3.65. The van der Waals surface area contributed by atoms with Crippen LogP contribution in [0.25, 0.3) is 0 Å². The van der Waals surface area contributed by atoms with E-state index in [0.717, 1.165) is 5.56 Å². The molecule has 0 saturated carbocycles. The molecule has 7 heteroatoms. The van der Waals surface area contributed by atoms with Crippen LogP contribution in [-0.2, 0) is 0 Å². The van der Waals surface area contributed by atoms with Crippen molar-refractivity contribution in [1.82, 2.24) is 5.43 Å². The van der Waals surface area contributed by atoms with Gasteiger partial charge in [-0.2, -0.15) is 5.10 Å². The van der Waals surface area contributed by atoms with Crippen molar-refractivity contribution in [3.05, 3.63) is 99.0 Å². The number of hydrazone groups is 1. The Bertz CT molecular complexity index is 1040. The van der Waals surface area contributed by atoms with Crippen LogP contribution in [0.3, 0.4) is 0 Å². The number of halogens is 2. The van der Waals surface area contributed by atoms with Gasteiger partial charge in [0.05, 0.1) is 17.3 Å². The van der Waals surface area contributed by atoms with Crippen molar-refractivity contribution in [3.8, 4) is 5.75 Å². The highest BCUT2D eigenvalue weighted by molar-refractivity contribution is 9.10. The van der Waals surface area contributed by atoms with Gasteiger partial charge < -0.3 is 4.74 Å². The summed E-state index contributed by atoms with van der Waals surface area (Å²) in [5, 5.41) is 4.40. The minimum atomic E-state index is -0.496. The predicted octanol–water partition coefficient (Wildman–Crippen LogP) is 5.09. The molecule has 0 bridgehead atoms. The first-order chi connectivity index (χ1) is 13.5. The summed E-state index contributed by atoms with van der Waals surface area (Å²) in [6.45, 7) is 0. The Hall–Kier alpha value is -2.96. The molecular weight excluding hydrogens is 444 g/mol. The lowest BCUT2D eigenvalue weighted by Gasteiger charge is -2.05. The molecule has 0 aliphatic rings. The quantitative estimate of drug-likeness (QED) is 0.251. The van der Waals surface area contributed by atoms with Gasteiger partial charge in [-0.15, -0.1) is 0 Å². The molecule has 5 nitrogen and oxygen atoms in total. The monoisotopic (exact) mass is 456 g/mol. The molecule has 0 heterocycles. The lowest BCUT2D eigenvalue weighted by Crippen LogP contribution is -2.18. The molecule has 140 valence electrons. The summed E-state index contributed by atoms with van der Waals surface area (Å²) < 4.78 is 6.00. The third-order valence-corrected chi connectivity index (χ3v) is 4.58. The number of benzene rings is 3. The number of nitrogens with zero attached hydrogens (tertiary/aromatic N) is 1. The molecule has 0 fully saturated rings. The molecule has 0 aliphatic heterocycles. The molecule has 3 rings (SSSR count). The van der Waals surface area contributed by atoms with E-state index in [1.165, 1.54) is 6.21 Å². The van der Waals surface area contributed by atoms with Gasteiger partial charge in [-0.3, -0.25) is 4.79 Å². The molecule has 0 radical (unpaired) electrons. The number of hydrogen-bond donors (Lipinski definition) is 1. The highest BCUT2D eigenvalue weighted by Gasteiger charge is 2.09. The van der Waals surface area contributed by atoms with Gasteiger partial charge >= 0.3 is 5.97 Å². The smallest absolute Gasteiger partial charge is 0.343 e. The van der Waals surface area contributed by atoms with Gasteiger partial charge in [0.15, 0.2) is 0 Å². The summed E-state index contributed by atoms with van der Waals surface area (Å²) in [7, 11) is 0. The number of carbonyl (C=O) groups is 2. The maximum Gasteiger partial charge on any atom is 0.343 e. The fourth-order valence-corrected chi connectivity index (χ4v) is 2.93. The van der Waals surface area contributed by atoms with Gasteiger partial charge in [-0.1, -0.05) is 29.8 Å². The largest absolute Gasteiger partial charge is 0.423 e. The number of carbonyl (C=O) groups excluding carboxylic acids is 2. The van der Waals surface area contributed by atoms with Gasteiger partial charge in [0.1, 0.15) is 5.75 Å². The zero-order valence-corrected chi connectivity index (χ0v) is 16.8. The second-order valence-electron chi connectivity index (χ2n) is 5.65. The van der Waals surface area contributed by atoms with Crippen molar-refractivity contribution in [2.45, 2.75) is 0 Å². The second-order valence-corrected chi connectivity index (χ2v) is 6.94. The van der Waals surface area contributed by atoms with Gasteiger partial charge in [-0.05, 0) is 76.1 Å². The van der Waals surface area contributed by atoms with Gasteiger partial charge in [0.25, 0.3) is 5.91 Å². The van der Waals surface area contributed by atoms with E-state index in [9.17, 15) is 9.59 Å². The molecule has 0 saturated heterocycles. The SMILES string of the molecule is O=C(Oc1ccc(/C=N\NC(=O)c2ccccc2Br)cc1)c1cccc(Cl)c1. The first-order valence-corrected chi connectivity index (χ1v) is 9.36. The number of hydrogen-bond acceptors (Lipinski definition) is 4. The van der Waals surface area contributed by atoms with Crippen LogP contribution < -0.4 is 10.2 Å². The maximum absolute atomic E-state index is 12.1. The van der Waals surface area contributed by atoms with Crippen molar-refractivity contribution in [1.29, 1.82) is 0 Å². The van der Waals surface area contributed by atoms with Crippen LogP contribution in [0.4, 0.5) is 0 Å². The van der Waals surface area contributed by atoms with E-state index < -0.39 is 5.97 Å². The van der Waals surface area contributed by atoms with Crippen molar-refractivity contribution < 1.29 is 14.3 Å². The summed E-state index contributed by atoms with van der Waals surface area (Å²) in [6, 6.07) is 20.3. The predicted molar refractivity (Wildman–Crippen MR) is 112 cm³/mol. The summed E-state index contributed by atoms with van der Waals surface area (Å²) in [5.41, 5.74) is 4.05. The van der Waals surface area contributed by atoms with Crippen LogP contribution in [0.5, 0.6) is 5.75 Å². The molecule has 0 unspecified atom stereocenters. The summed E-state index contributed by atoms with van der Waals surface area (Å²) in [4.78, 5) is 24.2. The molecule has 3 aromatic rings. The van der Waals surface area contributed by atoms with Crippen LogP contribution in [-0.4, -0.2) is 18.1 Å². The van der Waals surface area contributed by atoms with Crippen molar-refractivity contribution >= 4 is 45.6 Å². The van der Waals surface area contributed by atoms with Crippen molar-refractivity contribution in [3.63, 3.8) is 0 Å². The molecule has 0 spiro atoms. The van der Waals surface area contributed by atoms with E-state index in [-0.39, 0.29) is 5.91 Å². The zero-order chi connectivity index (χ0) is 19.9. The summed E-state index contributed by atoms with van der Waals surface area (Å²) in [5.74, 6) is -0.431. The molecule has 3 aromatic carbocycles. The van der Waals surface area contributed by atoms with Crippen LogP contribution in [0.1, 0.15) is 26.3 Å². The molecule has 0 aromatic heterocycles. The fraction of sp³-hybridized carbons (Fsp3) is 0. The lowest BCUT2D eigenvalue weighted by atomic mass is 10.2. The summed E-state index contributed by atoms with van der Waals surface area (Å²) in [6.07, 6.45) is 1.50. The highest BCUT2D eigenvalue weighted by Crippen LogP contribution is 2.17. The molecule has 0 atom stereocenters. The first kappa shape index (κ1) is 19.8. The number of esters is 1. The Kier molecular flexibility index (Phi) is 6.57. The Labute approximate surface area is 175 Å². The number of amides is 1. The van der Waals surface area contributed by atoms with Crippen LogP contribution in [0.2, 0.25) is 5.02 Å². The summed E-state index contributed by atoms with van der Waals surface area (Å²) >= 11 is 9.20. The Morgan fingerprint density at radius 3 is 2.46 bits per heavy atom. The van der Waals surface area contributed by atoms with E-state index in [1.54, 1.807) is 66.7 Å². The number of ether oxygens (including phenoxy) is 1. The topological polar surface area (TPSA) is 67.8 Å². The average Bonchev–Trinajstić information content (AvgIpc) is 2.69. The maximum atomic E-state index is 12.1. The van der Waals surface area contributed by atoms with E-state index in [1.807, 2.05) is 6.07 Å². The molecule has 1 N–H and O–H groups in total. The van der Waals surface area contributed by atoms with Gasteiger partial charge in [0.2, 0.25) is 0 Å². The van der Waals surface area contributed by atoms with Crippen molar-refractivity contribution in [2.24, 2.45) is 5.10 Å². The molecule has 0 aliphatic carbocycles. The fourth-order valence-electron chi connectivity index (χ4n) is 2.27. The van der Waals surface area contributed by atoms with E-state index in [0.29, 0.717) is 26.4 Å². The molecule has 28 heavy (non-hydrogen) atoms. The minimum absolute atomic E-state index is 0.323. The Morgan fingerprint density at radius 2 is 1.75 bits per heavy atom. The van der Waals surface area contributed by atoms with Crippen molar-refractivity contribution in [2.75, 3.05) is 0 Å². The normalized spacial score (nSPS) is 10.6. The van der Waals surface area contributed by atoms with Crippen LogP contribution in [0, 0.1) is 0 Å². The Morgan fingerprint density at radius 1 is 1.00 bits per heavy atom. The standard InChI is InChI=1S/C21H14BrClN2O3/c22-19-7-2-1-6-18(19)20(26)25-24-13-14-8-10-17(11-9-14)28-21(27)15-4-3-5-16(23)12-15/h1-13H,(H,25,26)/b24-13-. The highest BCUT2D eigenvalue weighted by atomic mass is 79.9. The molecular formula is C21H14BrClN2O3. The van der Waals surface area contributed by atoms with Crippen LogP contribution >= 0.6 is 27.5 Å². The lowest BCUT2D eigenvalue weighted by molar-refractivity contribution is 0.0734. The van der Waals surface area contributed by atoms with Gasteiger partial charge in [0, 0.05) is 9.50 Å². The number of nitrogens with one attached hydrogen (secondary N) is 1.